The number of hydrogen-bond acceptors (Lipinski definition) is 3. The SMILES string of the molecule is CC1CCC(OCC(O)CNc2cc(F)ccc2Cl)CC1. The van der Waals surface area contributed by atoms with Crippen molar-refractivity contribution in [1.82, 2.24) is 0 Å². The maximum Gasteiger partial charge on any atom is 0.125 e. The minimum atomic E-state index is -0.635. The Morgan fingerprint density at radius 3 is 2.81 bits per heavy atom. The van der Waals surface area contributed by atoms with Gasteiger partial charge in [0.1, 0.15) is 5.82 Å². The Hall–Kier alpha value is -0.840. The summed E-state index contributed by atoms with van der Waals surface area (Å²) in [6.45, 7) is 2.84. The average molecular weight is 316 g/mol. The molecule has 2 N–H and O–H groups in total. The van der Waals surface area contributed by atoms with Gasteiger partial charge in [-0.05, 0) is 49.8 Å². The van der Waals surface area contributed by atoms with Crippen molar-refractivity contribution in [2.45, 2.75) is 44.8 Å². The summed E-state index contributed by atoms with van der Waals surface area (Å²) < 4.78 is 18.8. The van der Waals surface area contributed by atoms with Crippen LogP contribution in [0, 0.1) is 11.7 Å². The zero-order valence-corrected chi connectivity index (χ0v) is 13.1. The van der Waals surface area contributed by atoms with Crippen LogP contribution in [0.1, 0.15) is 32.6 Å². The predicted molar refractivity (Wildman–Crippen MR) is 83.3 cm³/mol. The number of anilines is 1. The molecular formula is C16H23ClFNO2. The van der Waals surface area contributed by atoms with Crippen LogP contribution in [0.5, 0.6) is 0 Å². The van der Waals surface area contributed by atoms with Crippen LogP contribution in [0.4, 0.5) is 10.1 Å². The van der Waals surface area contributed by atoms with E-state index in [1.807, 2.05) is 0 Å². The van der Waals surface area contributed by atoms with E-state index in [0.29, 0.717) is 17.3 Å². The molecular weight excluding hydrogens is 293 g/mol. The lowest BCUT2D eigenvalue weighted by atomic mass is 9.89. The summed E-state index contributed by atoms with van der Waals surface area (Å²) in [6, 6.07) is 4.11. The second-order valence-electron chi connectivity index (χ2n) is 5.87. The van der Waals surface area contributed by atoms with Crippen LogP contribution in [-0.2, 0) is 4.74 Å². The van der Waals surface area contributed by atoms with Crippen LogP contribution in [0.25, 0.3) is 0 Å². The van der Waals surface area contributed by atoms with Crippen LogP contribution in [0.15, 0.2) is 18.2 Å². The Balaban J connectivity index is 1.70. The molecule has 0 radical (unpaired) electrons. The van der Waals surface area contributed by atoms with Crippen molar-refractivity contribution < 1.29 is 14.2 Å². The van der Waals surface area contributed by atoms with E-state index in [1.54, 1.807) is 0 Å². The highest BCUT2D eigenvalue weighted by Crippen LogP contribution is 2.26. The Morgan fingerprint density at radius 1 is 1.38 bits per heavy atom. The van der Waals surface area contributed by atoms with E-state index >= 15 is 0 Å². The first-order valence-electron chi connectivity index (χ1n) is 7.53. The first-order valence-corrected chi connectivity index (χ1v) is 7.91. The number of benzene rings is 1. The normalized spacial score (nSPS) is 23.8. The van der Waals surface area contributed by atoms with Crippen LogP contribution >= 0.6 is 11.6 Å². The Bertz CT molecular complexity index is 450. The van der Waals surface area contributed by atoms with Gasteiger partial charge in [0.2, 0.25) is 0 Å². The fourth-order valence-corrected chi connectivity index (χ4v) is 2.75. The zero-order valence-electron chi connectivity index (χ0n) is 12.3. The number of hydrogen-bond donors (Lipinski definition) is 2. The fourth-order valence-electron chi connectivity index (χ4n) is 2.56. The highest BCUT2D eigenvalue weighted by atomic mass is 35.5. The van der Waals surface area contributed by atoms with Crippen molar-refractivity contribution in [2.24, 2.45) is 5.92 Å². The lowest BCUT2D eigenvalue weighted by Gasteiger charge is -2.27. The molecule has 1 fully saturated rings. The van der Waals surface area contributed by atoms with E-state index in [2.05, 4.69) is 12.2 Å². The monoisotopic (exact) mass is 315 g/mol. The topological polar surface area (TPSA) is 41.5 Å². The maximum absolute atomic E-state index is 13.1. The summed E-state index contributed by atoms with van der Waals surface area (Å²) in [7, 11) is 0. The standard InChI is InChI=1S/C16H23ClFNO2/c1-11-2-5-14(6-3-11)21-10-13(20)9-19-16-8-12(18)4-7-15(16)17/h4,7-8,11,13-14,19-20H,2-3,5-6,9-10H2,1H3. The van der Waals surface area contributed by atoms with Gasteiger partial charge in [-0.1, -0.05) is 18.5 Å². The minimum absolute atomic E-state index is 0.258. The predicted octanol–water partition coefficient (Wildman–Crippen LogP) is 3.85. The molecule has 21 heavy (non-hydrogen) atoms. The van der Waals surface area contributed by atoms with Gasteiger partial charge in [-0.25, -0.2) is 4.39 Å². The molecule has 1 atom stereocenters. The van der Waals surface area contributed by atoms with Crippen molar-refractivity contribution >= 4 is 17.3 Å². The molecule has 1 aliphatic rings. The van der Waals surface area contributed by atoms with Gasteiger partial charge in [-0.2, -0.15) is 0 Å². The Morgan fingerprint density at radius 2 is 2.10 bits per heavy atom. The third-order valence-electron chi connectivity index (χ3n) is 3.94. The first-order chi connectivity index (χ1) is 10.0. The number of ether oxygens (including phenoxy) is 1. The summed E-state index contributed by atoms with van der Waals surface area (Å²) in [5.41, 5.74) is 0.488. The van der Waals surface area contributed by atoms with Crippen molar-refractivity contribution in [2.75, 3.05) is 18.5 Å². The number of nitrogens with one attached hydrogen (secondary N) is 1. The van der Waals surface area contributed by atoms with Gasteiger partial charge < -0.3 is 15.2 Å². The summed E-state index contributed by atoms with van der Waals surface area (Å²) in [5, 5.41) is 13.3. The third kappa shape index (κ3) is 5.46. The molecule has 0 saturated heterocycles. The van der Waals surface area contributed by atoms with Crippen LogP contribution in [0.3, 0.4) is 0 Å². The van der Waals surface area contributed by atoms with E-state index in [1.165, 1.54) is 31.0 Å². The molecule has 1 aliphatic carbocycles. The van der Waals surface area contributed by atoms with Gasteiger partial charge in [0, 0.05) is 6.54 Å². The smallest absolute Gasteiger partial charge is 0.125 e. The molecule has 3 nitrogen and oxygen atoms in total. The lowest BCUT2D eigenvalue weighted by Crippen LogP contribution is -2.29. The molecule has 0 bridgehead atoms. The third-order valence-corrected chi connectivity index (χ3v) is 4.27. The molecule has 0 amide bonds. The largest absolute Gasteiger partial charge is 0.389 e. The van der Waals surface area contributed by atoms with Gasteiger partial charge in [-0.3, -0.25) is 0 Å². The Labute approximate surface area is 130 Å². The van der Waals surface area contributed by atoms with Gasteiger partial charge in [0.25, 0.3) is 0 Å². The summed E-state index contributed by atoms with van der Waals surface area (Å²) in [5.74, 6) is 0.426. The second-order valence-corrected chi connectivity index (χ2v) is 6.28. The zero-order chi connectivity index (χ0) is 15.2. The summed E-state index contributed by atoms with van der Waals surface area (Å²) in [6.07, 6.45) is 4.14. The van der Waals surface area contributed by atoms with Crippen molar-refractivity contribution in [3.05, 3.63) is 29.0 Å². The first kappa shape index (κ1) is 16.5. The Kier molecular flexibility index (Phi) is 6.27. The number of aliphatic hydroxyl groups is 1. The van der Waals surface area contributed by atoms with Crippen molar-refractivity contribution in [3.8, 4) is 0 Å². The van der Waals surface area contributed by atoms with Crippen LogP contribution in [0.2, 0.25) is 5.02 Å². The molecule has 0 spiro atoms. The summed E-state index contributed by atoms with van der Waals surface area (Å²) >= 11 is 5.95. The van der Waals surface area contributed by atoms with Gasteiger partial charge >= 0.3 is 0 Å². The number of halogens is 2. The van der Waals surface area contributed by atoms with Crippen molar-refractivity contribution in [3.63, 3.8) is 0 Å². The van der Waals surface area contributed by atoms with Crippen molar-refractivity contribution in [1.29, 1.82) is 0 Å². The fraction of sp³-hybridized carbons (Fsp3) is 0.625. The molecule has 2 rings (SSSR count). The average Bonchev–Trinajstić information content (AvgIpc) is 2.47. The molecule has 0 heterocycles. The maximum atomic E-state index is 13.1. The molecule has 1 aromatic carbocycles. The van der Waals surface area contributed by atoms with E-state index in [4.69, 9.17) is 16.3 Å². The van der Waals surface area contributed by atoms with Gasteiger partial charge in [-0.15, -0.1) is 0 Å². The molecule has 1 saturated carbocycles. The van der Waals surface area contributed by atoms with Gasteiger partial charge in [0.15, 0.2) is 0 Å². The quantitative estimate of drug-likeness (QED) is 0.838. The molecule has 5 heteroatoms. The number of rotatable bonds is 6. The van der Waals surface area contributed by atoms with E-state index in [0.717, 1.165) is 18.8 Å². The molecule has 118 valence electrons. The highest BCUT2D eigenvalue weighted by molar-refractivity contribution is 6.33. The van der Waals surface area contributed by atoms with Gasteiger partial charge in [0.05, 0.1) is 29.5 Å². The van der Waals surface area contributed by atoms with Crippen LogP contribution in [-0.4, -0.2) is 30.5 Å². The van der Waals surface area contributed by atoms with E-state index in [-0.39, 0.29) is 18.5 Å². The lowest BCUT2D eigenvalue weighted by molar-refractivity contribution is -0.0245. The minimum Gasteiger partial charge on any atom is -0.389 e. The van der Waals surface area contributed by atoms with E-state index in [9.17, 15) is 9.50 Å². The molecule has 1 aromatic rings. The van der Waals surface area contributed by atoms with Crippen LogP contribution < -0.4 is 5.32 Å². The summed E-state index contributed by atoms with van der Waals surface area (Å²) in [4.78, 5) is 0. The molecule has 1 unspecified atom stereocenters. The van der Waals surface area contributed by atoms with E-state index < -0.39 is 6.10 Å². The molecule has 0 aromatic heterocycles. The highest BCUT2D eigenvalue weighted by Gasteiger charge is 2.19. The number of aliphatic hydroxyl groups excluding tert-OH is 1. The molecule has 0 aliphatic heterocycles. The second kappa shape index (κ2) is 7.97.